The van der Waals surface area contributed by atoms with E-state index in [1.165, 1.54) is 0 Å². The summed E-state index contributed by atoms with van der Waals surface area (Å²) in [5.41, 5.74) is 19.0. The molecular formula is C28H28N6O. The molecule has 2 heterocycles. The molecular weight excluding hydrogens is 436 g/mol. The third-order valence-electron chi connectivity index (χ3n) is 5.51. The maximum Gasteiger partial charge on any atom is 0.253 e. The van der Waals surface area contributed by atoms with Gasteiger partial charge in [-0.15, -0.1) is 0 Å². The van der Waals surface area contributed by atoms with Gasteiger partial charge in [-0.2, -0.15) is 0 Å². The van der Waals surface area contributed by atoms with Crippen molar-refractivity contribution in [2.45, 2.75) is 19.5 Å². The molecule has 4 aromatic rings. The first kappa shape index (κ1) is 23.7. The Morgan fingerprint density at radius 2 is 1.83 bits per heavy atom. The van der Waals surface area contributed by atoms with E-state index in [1.54, 1.807) is 24.7 Å². The van der Waals surface area contributed by atoms with Gasteiger partial charge in [0.2, 0.25) is 0 Å². The van der Waals surface area contributed by atoms with Crippen molar-refractivity contribution >= 4 is 29.0 Å². The molecule has 1 unspecified atom stereocenters. The summed E-state index contributed by atoms with van der Waals surface area (Å²) in [4.78, 5) is 21.1. The summed E-state index contributed by atoms with van der Waals surface area (Å²) < 4.78 is 0. The number of nitrogens with one attached hydrogen (secondary N) is 2. The molecule has 7 nitrogen and oxygen atoms in total. The molecule has 4 rings (SSSR count). The van der Waals surface area contributed by atoms with Gasteiger partial charge in [0.05, 0.1) is 23.0 Å². The van der Waals surface area contributed by atoms with Crippen LogP contribution in [0.4, 0.5) is 17.1 Å². The summed E-state index contributed by atoms with van der Waals surface area (Å²) in [6.45, 7) is 2.44. The van der Waals surface area contributed by atoms with E-state index in [1.807, 2.05) is 79.7 Å². The molecule has 0 spiro atoms. The number of pyridine rings is 2. The molecule has 176 valence electrons. The first-order valence-electron chi connectivity index (χ1n) is 11.3. The second-order valence-electron chi connectivity index (χ2n) is 8.20. The van der Waals surface area contributed by atoms with Gasteiger partial charge in [0.15, 0.2) is 0 Å². The fourth-order valence-corrected chi connectivity index (χ4v) is 3.64. The van der Waals surface area contributed by atoms with Crippen molar-refractivity contribution in [2.75, 3.05) is 11.1 Å². The highest BCUT2D eigenvalue weighted by Crippen LogP contribution is 2.27. The third-order valence-corrected chi connectivity index (χ3v) is 5.51. The number of hydrogen-bond acceptors (Lipinski definition) is 6. The summed E-state index contributed by atoms with van der Waals surface area (Å²) in [6.07, 6.45) is 8.94. The second kappa shape index (κ2) is 11.1. The zero-order chi connectivity index (χ0) is 24.6. The number of carbonyl (C=O) groups excluding carboxylic acids is 1. The van der Waals surface area contributed by atoms with Crippen LogP contribution in [0.1, 0.15) is 38.8 Å². The molecule has 2 aromatic carbocycles. The molecule has 0 saturated carbocycles. The van der Waals surface area contributed by atoms with Crippen LogP contribution in [0.5, 0.6) is 0 Å². The van der Waals surface area contributed by atoms with Gasteiger partial charge in [0.25, 0.3) is 5.91 Å². The van der Waals surface area contributed by atoms with Gasteiger partial charge in [-0.25, -0.2) is 0 Å². The normalized spacial score (nSPS) is 11.8. The Hall–Kier alpha value is -4.49. The van der Waals surface area contributed by atoms with Crippen LogP contribution in [0.2, 0.25) is 0 Å². The standard InChI is InChI=1S/C28H28N6O/c1-19-10-15-32-21(16-19)7-9-25(29)23-8-6-22(17-26(23)30)34-27-5-3-2-4-24(27)28(35)33-18-20-11-13-31-14-12-20/h2-17,25,34H,18,29-30H2,1H3,(H,33,35)/b9-7+. The third kappa shape index (κ3) is 6.31. The Balaban J connectivity index is 1.45. The summed E-state index contributed by atoms with van der Waals surface area (Å²) in [6, 6.07) is 20.2. The number of amides is 1. The van der Waals surface area contributed by atoms with E-state index >= 15 is 0 Å². The van der Waals surface area contributed by atoms with E-state index in [2.05, 4.69) is 20.6 Å². The lowest BCUT2D eigenvalue weighted by atomic mass is 10.0. The minimum absolute atomic E-state index is 0.175. The molecule has 0 saturated heterocycles. The summed E-state index contributed by atoms with van der Waals surface area (Å²) in [5, 5.41) is 6.25. The monoisotopic (exact) mass is 464 g/mol. The van der Waals surface area contributed by atoms with Gasteiger partial charge in [-0.3, -0.25) is 14.8 Å². The van der Waals surface area contributed by atoms with Crippen LogP contribution >= 0.6 is 0 Å². The van der Waals surface area contributed by atoms with Crippen molar-refractivity contribution in [1.82, 2.24) is 15.3 Å². The summed E-state index contributed by atoms with van der Waals surface area (Å²) >= 11 is 0. The molecule has 6 N–H and O–H groups in total. The van der Waals surface area contributed by atoms with Crippen molar-refractivity contribution < 1.29 is 4.79 Å². The van der Waals surface area contributed by atoms with Gasteiger partial charge in [0.1, 0.15) is 0 Å². The number of aromatic nitrogens is 2. The highest BCUT2D eigenvalue weighted by molar-refractivity contribution is 6.00. The quantitative estimate of drug-likeness (QED) is 0.279. The van der Waals surface area contributed by atoms with Crippen LogP contribution in [0.25, 0.3) is 6.08 Å². The number of aryl methyl sites for hydroxylation is 1. The SMILES string of the molecule is Cc1ccnc(/C=C/C(N)c2ccc(Nc3ccccc3C(=O)NCc3ccncc3)cc2N)c1. The lowest BCUT2D eigenvalue weighted by Crippen LogP contribution is -2.23. The molecule has 35 heavy (non-hydrogen) atoms. The van der Waals surface area contributed by atoms with Gasteiger partial charge in [0, 0.05) is 36.5 Å². The molecule has 0 fully saturated rings. The largest absolute Gasteiger partial charge is 0.398 e. The van der Waals surface area contributed by atoms with Gasteiger partial charge in [-0.05, 0) is 78.2 Å². The van der Waals surface area contributed by atoms with Crippen LogP contribution in [0, 0.1) is 6.92 Å². The van der Waals surface area contributed by atoms with E-state index < -0.39 is 0 Å². The zero-order valence-electron chi connectivity index (χ0n) is 19.5. The van der Waals surface area contributed by atoms with Crippen molar-refractivity contribution in [3.8, 4) is 0 Å². The molecule has 0 radical (unpaired) electrons. The molecule has 0 aliphatic carbocycles. The highest BCUT2D eigenvalue weighted by atomic mass is 16.1. The number of hydrogen-bond donors (Lipinski definition) is 4. The summed E-state index contributed by atoms with van der Waals surface area (Å²) in [5.74, 6) is -0.175. The number of nitrogen functional groups attached to an aromatic ring is 1. The van der Waals surface area contributed by atoms with Crippen LogP contribution in [0.3, 0.4) is 0 Å². The van der Waals surface area contributed by atoms with Crippen LogP contribution in [-0.2, 0) is 6.54 Å². The van der Waals surface area contributed by atoms with Crippen LogP contribution in [-0.4, -0.2) is 15.9 Å². The number of anilines is 3. The zero-order valence-corrected chi connectivity index (χ0v) is 19.5. The first-order chi connectivity index (χ1) is 17.0. The second-order valence-corrected chi connectivity index (χ2v) is 8.20. The average molecular weight is 465 g/mol. The van der Waals surface area contributed by atoms with Crippen LogP contribution < -0.4 is 22.1 Å². The number of nitrogens with zero attached hydrogens (tertiary/aromatic N) is 2. The number of rotatable bonds is 8. The maximum absolute atomic E-state index is 12.8. The number of para-hydroxylation sites is 1. The van der Waals surface area contributed by atoms with E-state index in [0.29, 0.717) is 23.5 Å². The fraction of sp³-hybridized carbons (Fsp3) is 0.107. The van der Waals surface area contributed by atoms with Gasteiger partial charge < -0.3 is 22.1 Å². The molecule has 7 heteroatoms. The number of carbonyl (C=O) groups is 1. The highest BCUT2D eigenvalue weighted by Gasteiger charge is 2.12. The lowest BCUT2D eigenvalue weighted by molar-refractivity contribution is 0.0951. The van der Waals surface area contributed by atoms with Crippen molar-refractivity contribution in [3.05, 3.63) is 119 Å². The molecule has 0 aliphatic rings. The molecule has 1 amide bonds. The van der Waals surface area contributed by atoms with Gasteiger partial charge >= 0.3 is 0 Å². The molecule has 1 atom stereocenters. The van der Waals surface area contributed by atoms with E-state index in [0.717, 1.165) is 28.1 Å². The predicted molar refractivity (Wildman–Crippen MR) is 141 cm³/mol. The van der Waals surface area contributed by atoms with Gasteiger partial charge in [-0.1, -0.05) is 24.3 Å². The predicted octanol–water partition coefficient (Wildman–Crippen LogP) is 4.75. The van der Waals surface area contributed by atoms with Crippen molar-refractivity contribution in [2.24, 2.45) is 5.73 Å². The van der Waals surface area contributed by atoms with Crippen LogP contribution in [0.15, 0.2) is 91.4 Å². The fourth-order valence-electron chi connectivity index (χ4n) is 3.64. The lowest BCUT2D eigenvalue weighted by Gasteiger charge is -2.15. The molecule has 0 aliphatic heterocycles. The Morgan fingerprint density at radius 3 is 2.60 bits per heavy atom. The van der Waals surface area contributed by atoms with Crippen molar-refractivity contribution in [1.29, 1.82) is 0 Å². The van der Waals surface area contributed by atoms with E-state index in [4.69, 9.17) is 11.5 Å². The van der Waals surface area contributed by atoms with E-state index in [-0.39, 0.29) is 11.9 Å². The number of benzene rings is 2. The molecule has 0 bridgehead atoms. The minimum atomic E-state index is -0.377. The van der Waals surface area contributed by atoms with E-state index in [9.17, 15) is 4.79 Å². The smallest absolute Gasteiger partial charge is 0.253 e. The van der Waals surface area contributed by atoms with Crippen molar-refractivity contribution in [3.63, 3.8) is 0 Å². The molecule has 2 aromatic heterocycles. The first-order valence-corrected chi connectivity index (χ1v) is 11.3. The Bertz CT molecular complexity index is 1340. The average Bonchev–Trinajstić information content (AvgIpc) is 2.87. The Kier molecular flexibility index (Phi) is 7.50. The number of nitrogens with two attached hydrogens (primary N) is 2. The summed E-state index contributed by atoms with van der Waals surface area (Å²) in [7, 11) is 0. The maximum atomic E-state index is 12.8. The Morgan fingerprint density at radius 1 is 1.03 bits per heavy atom. The minimum Gasteiger partial charge on any atom is -0.398 e. The topological polar surface area (TPSA) is 119 Å². The Labute approximate surface area is 204 Å².